The second kappa shape index (κ2) is 9.65. The van der Waals surface area contributed by atoms with Crippen LogP contribution >= 0.6 is 11.6 Å². The highest BCUT2D eigenvalue weighted by Gasteiger charge is 2.13. The molecule has 0 atom stereocenters. The zero-order valence-corrected chi connectivity index (χ0v) is 15.6. The summed E-state index contributed by atoms with van der Waals surface area (Å²) in [5.74, 6) is 0.210. The lowest BCUT2D eigenvalue weighted by Gasteiger charge is -2.16. The number of likely N-dealkylation sites (N-methyl/N-ethyl adjacent to an activating group) is 2. The Morgan fingerprint density at radius 2 is 1.96 bits per heavy atom. The molecule has 9 heteroatoms. The van der Waals surface area contributed by atoms with Crippen LogP contribution in [0.3, 0.4) is 0 Å². The molecular formula is C18H19ClN4O4. The number of aromatic nitrogens is 2. The molecule has 1 aromatic heterocycles. The van der Waals surface area contributed by atoms with Gasteiger partial charge in [0.15, 0.2) is 5.82 Å². The topological polar surface area (TPSA) is 99.8 Å². The van der Waals surface area contributed by atoms with Crippen molar-refractivity contribution in [3.05, 3.63) is 58.3 Å². The van der Waals surface area contributed by atoms with Gasteiger partial charge in [0, 0.05) is 25.2 Å². The fraction of sp³-hybridized carbons (Fsp3) is 0.222. The second-order valence-corrected chi connectivity index (χ2v) is 6.07. The molecule has 0 fully saturated rings. The van der Waals surface area contributed by atoms with E-state index in [1.165, 1.54) is 18.0 Å². The third-order valence-corrected chi connectivity index (χ3v) is 3.84. The van der Waals surface area contributed by atoms with Gasteiger partial charge in [-0.25, -0.2) is 0 Å². The molecule has 0 saturated carbocycles. The lowest BCUT2D eigenvalue weighted by molar-refractivity contribution is -0.125. The Bertz CT molecular complexity index is 845. The van der Waals surface area contributed by atoms with Crippen LogP contribution in [-0.4, -0.2) is 58.1 Å². The number of halogens is 1. The summed E-state index contributed by atoms with van der Waals surface area (Å²) >= 11 is 5.84. The Balaban J connectivity index is 1.99. The zero-order chi connectivity index (χ0) is 19.8. The molecule has 2 amide bonds. The summed E-state index contributed by atoms with van der Waals surface area (Å²) in [6.07, 6.45) is 5.17. The molecule has 0 aliphatic rings. The molecule has 8 nitrogen and oxygen atoms in total. The minimum absolute atomic E-state index is 0.0840. The molecule has 0 aliphatic carbocycles. The number of benzene rings is 1. The van der Waals surface area contributed by atoms with Crippen molar-refractivity contribution >= 4 is 36.1 Å². The highest BCUT2D eigenvalue weighted by molar-refractivity contribution is 6.30. The Labute approximate surface area is 161 Å². The number of nitrogens with zero attached hydrogens (tertiary/aromatic N) is 4. The predicted molar refractivity (Wildman–Crippen MR) is 100 cm³/mol. The Morgan fingerprint density at radius 1 is 1.26 bits per heavy atom. The van der Waals surface area contributed by atoms with Crippen LogP contribution in [0.1, 0.15) is 17.3 Å². The zero-order valence-electron chi connectivity index (χ0n) is 14.9. The van der Waals surface area contributed by atoms with Crippen molar-refractivity contribution in [2.45, 2.75) is 6.54 Å². The van der Waals surface area contributed by atoms with Gasteiger partial charge in [-0.05, 0) is 23.8 Å². The minimum Gasteiger partial charge on any atom is -0.390 e. The molecule has 0 aliphatic heterocycles. The number of hydrogen-bond acceptors (Lipinski definition) is 6. The summed E-state index contributed by atoms with van der Waals surface area (Å²) in [5, 5.41) is 13.7. The maximum Gasteiger partial charge on any atom is 0.248 e. The lowest BCUT2D eigenvalue weighted by atomic mass is 10.2. The van der Waals surface area contributed by atoms with E-state index in [-0.39, 0.29) is 18.1 Å². The number of aliphatic hydroxyl groups is 1. The van der Waals surface area contributed by atoms with Crippen molar-refractivity contribution in [3.8, 4) is 0 Å². The van der Waals surface area contributed by atoms with Gasteiger partial charge in [-0.2, -0.15) is 4.98 Å². The Hall–Kier alpha value is -2.97. The van der Waals surface area contributed by atoms with Crippen LogP contribution in [0.25, 0.3) is 12.2 Å². The van der Waals surface area contributed by atoms with E-state index in [0.29, 0.717) is 17.3 Å². The van der Waals surface area contributed by atoms with Gasteiger partial charge in [-0.1, -0.05) is 35.0 Å². The van der Waals surface area contributed by atoms with E-state index in [1.807, 2.05) is 18.2 Å². The smallest absolute Gasteiger partial charge is 0.248 e. The van der Waals surface area contributed by atoms with Crippen molar-refractivity contribution in [2.75, 3.05) is 20.7 Å². The van der Waals surface area contributed by atoms with Crippen molar-refractivity contribution in [1.29, 1.82) is 0 Å². The van der Waals surface area contributed by atoms with Crippen LogP contribution in [-0.2, 0) is 16.1 Å². The van der Waals surface area contributed by atoms with Gasteiger partial charge in [0.25, 0.3) is 0 Å². The highest BCUT2D eigenvalue weighted by Crippen LogP contribution is 2.12. The van der Waals surface area contributed by atoms with Gasteiger partial charge < -0.3 is 19.4 Å². The van der Waals surface area contributed by atoms with Gasteiger partial charge in [0.2, 0.25) is 18.2 Å². The molecule has 27 heavy (non-hydrogen) atoms. The van der Waals surface area contributed by atoms with Crippen LogP contribution in [0.4, 0.5) is 0 Å². The first-order chi connectivity index (χ1) is 12.9. The van der Waals surface area contributed by atoms with Crippen LogP contribution in [0.2, 0.25) is 5.02 Å². The number of carbonyl (C=O) groups is 2. The molecule has 0 radical (unpaired) electrons. The molecular weight excluding hydrogens is 372 g/mol. The lowest BCUT2D eigenvalue weighted by Crippen LogP contribution is -2.27. The Morgan fingerprint density at radius 3 is 2.59 bits per heavy atom. The van der Waals surface area contributed by atoms with Gasteiger partial charge in [-0.3, -0.25) is 9.59 Å². The molecule has 2 rings (SSSR count). The van der Waals surface area contributed by atoms with Crippen molar-refractivity contribution in [3.63, 3.8) is 0 Å². The quantitative estimate of drug-likeness (QED) is 0.545. The summed E-state index contributed by atoms with van der Waals surface area (Å²) in [5.41, 5.74) is 1.11. The van der Waals surface area contributed by atoms with Crippen molar-refractivity contribution in [2.24, 2.45) is 0 Å². The largest absolute Gasteiger partial charge is 0.390 e. The summed E-state index contributed by atoms with van der Waals surface area (Å²) in [6.45, 7) is -0.352. The number of rotatable bonds is 8. The standard InChI is InChI=1S/C18H19ClN4O4/c1-22(18(26)9-15(11-24)23(2)12-25)10-17-20-16(21-27-17)8-5-13-3-6-14(19)7-4-13/h3-9,12,24H,10-11H2,1-2H3/b8-5+,15-9-. The van der Waals surface area contributed by atoms with E-state index in [0.717, 1.165) is 10.5 Å². The van der Waals surface area contributed by atoms with Gasteiger partial charge in [0.1, 0.15) is 0 Å². The van der Waals surface area contributed by atoms with Gasteiger partial charge >= 0.3 is 0 Å². The van der Waals surface area contributed by atoms with E-state index < -0.39 is 12.5 Å². The van der Waals surface area contributed by atoms with Crippen LogP contribution < -0.4 is 0 Å². The number of aliphatic hydroxyl groups excluding tert-OH is 1. The highest BCUT2D eigenvalue weighted by atomic mass is 35.5. The molecule has 0 unspecified atom stereocenters. The summed E-state index contributed by atoms with van der Waals surface area (Å²) < 4.78 is 5.13. The van der Waals surface area contributed by atoms with Crippen molar-refractivity contribution in [1.82, 2.24) is 19.9 Å². The average molecular weight is 391 g/mol. The van der Waals surface area contributed by atoms with Crippen LogP contribution in [0.5, 0.6) is 0 Å². The van der Waals surface area contributed by atoms with E-state index >= 15 is 0 Å². The third kappa shape index (κ3) is 6.05. The first kappa shape index (κ1) is 20.3. The first-order valence-corrected chi connectivity index (χ1v) is 8.31. The van der Waals surface area contributed by atoms with E-state index in [4.69, 9.17) is 16.1 Å². The maximum absolute atomic E-state index is 12.2. The van der Waals surface area contributed by atoms with E-state index in [9.17, 15) is 14.7 Å². The fourth-order valence-corrected chi connectivity index (χ4v) is 2.13. The normalized spacial score (nSPS) is 11.6. The molecule has 1 heterocycles. The van der Waals surface area contributed by atoms with Gasteiger partial charge in [0.05, 0.1) is 18.8 Å². The third-order valence-electron chi connectivity index (χ3n) is 3.59. The molecule has 1 aromatic carbocycles. The van der Waals surface area contributed by atoms with Crippen molar-refractivity contribution < 1.29 is 19.2 Å². The number of carbonyl (C=O) groups excluding carboxylic acids is 2. The molecule has 0 spiro atoms. The minimum atomic E-state index is -0.435. The SMILES string of the molecule is CN(Cc1nc(/C=C/c2ccc(Cl)cc2)no1)C(=O)/C=C(/CO)N(C)C=O. The Kier molecular flexibility index (Phi) is 7.27. The van der Waals surface area contributed by atoms with Gasteiger partial charge in [-0.15, -0.1) is 0 Å². The van der Waals surface area contributed by atoms with E-state index in [1.54, 1.807) is 25.3 Å². The summed E-state index contributed by atoms with van der Waals surface area (Å²) in [4.78, 5) is 29.5. The first-order valence-electron chi connectivity index (χ1n) is 7.94. The van der Waals surface area contributed by atoms with E-state index in [2.05, 4.69) is 10.1 Å². The molecule has 1 N–H and O–H groups in total. The molecule has 0 bridgehead atoms. The molecule has 2 aromatic rings. The molecule has 0 saturated heterocycles. The summed E-state index contributed by atoms with van der Waals surface area (Å²) in [6, 6.07) is 7.26. The predicted octanol–water partition coefficient (Wildman–Crippen LogP) is 1.82. The fourth-order valence-electron chi connectivity index (χ4n) is 2.00. The number of amides is 2. The second-order valence-electron chi connectivity index (χ2n) is 5.64. The monoisotopic (exact) mass is 390 g/mol. The summed E-state index contributed by atoms with van der Waals surface area (Å²) in [7, 11) is 2.99. The van der Waals surface area contributed by atoms with Crippen LogP contribution in [0, 0.1) is 0 Å². The molecule has 142 valence electrons. The number of hydrogen-bond donors (Lipinski definition) is 1. The maximum atomic E-state index is 12.2. The average Bonchev–Trinajstić information content (AvgIpc) is 3.12. The van der Waals surface area contributed by atoms with Crippen LogP contribution in [0.15, 0.2) is 40.6 Å².